The SMILES string of the molecule is Cc1ccc(S(=O)n2cc(Cc3cccc([N+](=O)[O-])c3)c3cc(-c4cccnc4)cnc32)cc1. The van der Waals surface area contributed by atoms with Gasteiger partial charge in [0, 0.05) is 53.4 Å². The van der Waals surface area contributed by atoms with Crippen LogP contribution in [0.25, 0.3) is 22.2 Å². The average Bonchev–Trinajstić information content (AvgIpc) is 3.22. The van der Waals surface area contributed by atoms with Crippen LogP contribution in [0.15, 0.2) is 96.4 Å². The van der Waals surface area contributed by atoms with Crippen LogP contribution in [0.5, 0.6) is 0 Å². The molecular formula is C26H20N4O3S. The number of benzene rings is 2. The molecule has 1 atom stereocenters. The summed E-state index contributed by atoms with van der Waals surface area (Å²) >= 11 is 0. The van der Waals surface area contributed by atoms with Gasteiger partial charge in [-0.15, -0.1) is 0 Å². The molecule has 3 heterocycles. The van der Waals surface area contributed by atoms with E-state index in [9.17, 15) is 14.3 Å². The zero-order chi connectivity index (χ0) is 23.7. The summed E-state index contributed by atoms with van der Waals surface area (Å²) in [7, 11) is -1.50. The van der Waals surface area contributed by atoms with E-state index in [0.29, 0.717) is 17.0 Å². The summed E-state index contributed by atoms with van der Waals surface area (Å²) in [6, 6.07) is 20.0. The molecule has 7 nitrogen and oxygen atoms in total. The third kappa shape index (κ3) is 4.23. The summed E-state index contributed by atoms with van der Waals surface area (Å²) in [4.78, 5) is 20.4. The Hall–Kier alpha value is -4.17. The van der Waals surface area contributed by atoms with Gasteiger partial charge in [0.05, 0.1) is 9.82 Å². The normalized spacial score (nSPS) is 12.0. The lowest BCUT2D eigenvalue weighted by Crippen LogP contribution is -2.04. The molecule has 5 rings (SSSR count). The largest absolute Gasteiger partial charge is 0.269 e. The highest BCUT2D eigenvalue weighted by Crippen LogP contribution is 2.29. The van der Waals surface area contributed by atoms with Crippen molar-refractivity contribution >= 4 is 27.7 Å². The molecule has 0 bridgehead atoms. The van der Waals surface area contributed by atoms with E-state index in [-0.39, 0.29) is 5.69 Å². The van der Waals surface area contributed by atoms with Gasteiger partial charge in [0.25, 0.3) is 5.69 Å². The predicted octanol–water partition coefficient (Wildman–Crippen LogP) is 5.48. The zero-order valence-corrected chi connectivity index (χ0v) is 19.1. The molecule has 0 N–H and O–H groups in total. The van der Waals surface area contributed by atoms with Crippen molar-refractivity contribution in [1.29, 1.82) is 0 Å². The summed E-state index contributed by atoms with van der Waals surface area (Å²) < 4.78 is 15.1. The number of nitro groups is 1. The smallest absolute Gasteiger partial charge is 0.264 e. The summed E-state index contributed by atoms with van der Waals surface area (Å²) in [5.74, 6) is 0. The van der Waals surface area contributed by atoms with E-state index in [1.54, 1.807) is 34.7 Å². The molecule has 0 amide bonds. The van der Waals surface area contributed by atoms with E-state index in [4.69, 9.17) is 0 Å². The molecule has 0 aliphatic rings. The monoisotopic (exact) mass is 468 g/mol. The fraction of sp³-hybridized carbons (Fsp3) is 0.0769. The Balaban J connectivity index is 1.64. The van der Waals surface area contributed by atoms with Crippen molar-refractivity contribution in [2.24, 2.45) is 0 Å². The van der Waals surface area contributed by atoms with Gasteiger partial charge in [-0.05, 0) is 48.7 Å². The lowest BCUT2D eigenvalue weighted by Gasteiger charge is -2.06. The molecule has 34 heavy (non-hydrogen) atoms. The molecule has 1 unspecified atom stereocenters. The van der Waals surface area contributed by atoms with Crippen LogP contribution in [0.1, 0.15) is 16.7 Å². The number of nitrogens with zero attached hydrogens (tertiary/aromatic N) is 4. The minimum atomic E-state index is -1.50. The van der Waals surface area contributed by atoms with Gasteiger partial charge in [0.15, 0.2) is 16.6 Å². The average molecular weight is 469 g/mol. The van der Waals surface area contributed by atoms with Crippen LogP contribution in [-0.2, 0) is 17.4 Å². The third-order valence-electron chi connectivity index (χ3n) is 5.61. The molecule has 5 aromatic rings. The molecule has 0 spiro atoms. The van der Waals surface area contributed by atoms with Crippen molar-refractivity contribution in [3.8, 4) is 11.1 Å². The summed E-state index contributed by atoms with van der Waals surface area (Å²) in [6.07, 6.45) is 7.50. The van der Waals surface area contributed by atoms with Gasteiger partial charge in [-0.2, -0.15) is 0 Å². The van der Waals surface area contributed by atoms with Crippen LogP contribution in [0, 0.1) is 17.0 Å². The molecule has 0 aliphatic heterocycles. The Bertz CT molecular complexity index is 1530. The minimum Gasteiger partial charge on any atom is -0.264 e. The number of nitro benzene ring substituents is 1. The van der Waals surface area contributed by atoms with Crippen molar-refractivity contribution in [3.05, 3.63) is 118 Å². The number of hydrogen-bond donors (Lipinski definition) is 0. The first kappa shape index (κ1) is 21.7. The van der Waals surface area contributed by atoms with Gasteiger partial charge in [-0.1, -0.05) is 35.9 Å². The molecule has 0 aliphatic carbocycles. The standard InChI is InChI=1S/C26H20N4O3S/c1-18-7-9-24(10-8-18)34(33)29-17-22(12-19-4-2-6-23(13-19)30(31)32)25-14-21(16-28-26(25)29)20-5-3-11-27-15-20/h2-11,13-17H,12H2,1H3. The molecule has 0 radical (unpaired) electrons. The van der Waals surface area contributed by atoms with E-state index in [0.717, 1.165) is 33.2 Å². The number of aryl methyl sites for hydroxylation is 1. The molecule has 2 aromatic carbocycles. The number of hydrogen-bond acceptors (Lipinski definition) is 5. The second-order valence-corrected chi connectivity index (χ2v) is 9.35. The van der Waals surface area contributed by atoms with Crippen LogP contribution >= 0.6 is 0 Å². The number of aromatic nitrogens is 3. The van der Waals surface area contributed by atoms with E-state index >= 15 is 0 Å². The number of pyridine rings is 2. The van der Waals surface area contributed by atoms with Crippen molar-refractivity contribution in [2.75, 3.05) is 0 Å². The van der Waals surface area contributed by atoms with E-state index in [2.05, 4.69) is 9.97 Å². The van der Waals surface area contributed by atoms with Gasteiger partial charge in [0.1, 0.15) is 0 Å². The first-order chi connectivity index (χ1) is 16.5. The van der Waals surface area contributed by atoms with Crippen LogP contribution in [0.2, 0.25) is 0 Å². The first-order valence-corrected chi connectivity index (χ1v) is 11.7. The lowest BCUT2D eigenvalue weighted by atomic mass is 10.0. The Morgan fingerprint density at radius 1 is 1.00 bits per heavy atom. The highest BCUT2D eigenvalue weighted by molar-refractivity contribution is 7.83. The Kier molecular flexibility index (Phi) is 5.73. The number of fused-ring (bicyclic) bond motifs is 1. The van der Waals surface area contributed by atoms with E-state index in [1.807, 2.05) is 61.7 Å². The molecule has 0 saturated carbocycles. The van der Waals surface area contributed by atoms with Gasteiger partial charge in [-0.3, -0.25) is 15.1 Å². The molecule has 168 valence electrons. The number of rotatable bonds is 6. The van der Waals surface area contributed by atoms with Crippen molar-refractivity contribution in [2.45, 2.75) is 18.2 Å². The molecular weight excluding hydrogens is 448 g/mol. The quantitative estimate of drug-likeness (QED) is 0.243. The highest BCUT2D eigenvalue weighted by Gasteiger charge is 2.18. The van der Waals surface area contributed by atoms with Gasteiger partial charge in [0.2, 0.25) is 0 Å². The number of non-ortho nitro benzene ring substituents is 1. The maximum atomic E-state index is 13.5. The summed E-state index contributed by atoms with van der Waals surface area (Å²) in [5.41, 5.74) is 5.20. The van der Waals surface area contributed by atoms with Crippen LogP contribution in [0.3, 0.4) is 0 Å². The van der Waals surface area contributed by atoms with Crippen LogP contribution in [-0.4, -0.2) is 23.1 Å². The van der Waals surface area contributed by atoms with Crippen molar-refractivity contribution in [1.82, 2.24) is 13.9 Å². The first-order valence-electron chi connectivity index (χ1n) is 10.6. The van der Waals surface area contributed by atoms with Gasteiger partial charge in [-0.25, -0.2) is 13.2 Å². The molecule has 3 aromatic heterocycles. The Morgan fingerprint density at radius 2 is 1.82 bits per heavy atom. The molecule has 0 fully saturated rings. The van der Waals surface area contributed by atoms with E-state index < -0.39 is 15.9 Å². The fourth-order valence-corrected chi connectivity index (χ4v) is 4.99. The molecule has 0 saturated heterocycles. The minimum absolute atomic E-state index is 0.0404. The highest BCUT2D eigenvalue weighted by atomic mass is 32.2. The maximum absolute atomic E-state index is 13.5. The van der Waals surface area contributed by atoms with Crippen LogP contribution in [0.4, 0.5) is 5.69 Å². The van der Waals surface area contributed by atoms with Crippen LogP contribution < -0.4 is 0 Å². The Labute approximate surface area is 198 Å². The van der Waals surface area contributed by atoms with Gasteiger partial charge >= 0.3 is 0 Å². The summed E-state index contributed by atoms with van der Waals surface area (Å²) in [5, 5.41) is 12.1. The zero-order valence-electron chi connectivity index (χ0n) is 18.3. The van der Waals surface area contributed by atoms with Crippen molar-refractivity contribution < 1.29 is 9.13 Å². The molecule has 8 heteroatoms. The van der Waals surface area contributed by atoms with Crippen molar-refractivity contribution in [3.63, 3.8) is 0 Å². The predicted molar refractivity (Wildman–Crippen MR) is 132 cm³/mol. The second-order valence-electron chi connectivity index (χ2n) is 7.98. The Morgan fingerprint density at radius 3 is 2.56 bits per heavy atom. The van der Waals surface area contributed by atoms with E-state index in [1.165, 1.54) is 6.07 Å². The second kappa shape index (κ2) is 8.99. The maximum Gasteiger partial charge on any atom is 0.269 e. The lowest BCUT2D eigenvalue weighted by molar-refractivity contribution is -0.384. The summed E-state index contributed by atoms with van der Waals surface area (Å²) in [6.45, 7) is 1.98. The fourth-order valence-electron chi connectivity index (χ4n) is 3.87. The topological polar surface area (TPSA) is 90.9 Å². The third-order valence-corrected chi connectivity index (χ3v) is 6.92. The van der Waals surface area contributed by atoms with Gasteiger partial charge < -0.3 is 0 Å².